The Balaban J connectivity index is 1.91. The first-order valence-electron chi connectivity index (χ1n) is 6.31. The van der Waals surface area contributed by atoms with Gasteiger partial charge >= 0.3 is 0 Å². The molecule has 0 amide bonds. The Morgan fingerprint density at radius 3 is 2.95 bits per heavy atom. The van der Waals surface area contributed by atoms with E-state index in [1.54, 1.807) is 12.1 Å². The van der Waals surface area contributed by atoms with Crippen LogP contribution in [0.4, 0.5) is 4.39 Å². The third-order valence-corrected chi connectivity index (χ3v) is 2.61. The van der Waals surface area contributed by atoms with Crippen molar-refractivity contribution < 1.29 is 13.7 Å². The molecule has 0 aliphatic heterocycles. The van der Waals surface area contributed by atoms with Gasteiger partial charge in [-0.1, -0.05) is 18.1 Å². The highest BCUT2D eigenvalue weighted by Gasteiger charge is 2.06. The predicted molar refractivity (Wildman–Crippen MR) is 69.2 cm³/mol. The third-order valence-electron chi connectivity index (χ3n) is 2.61. The van der Waals surface area contributed by atoms with Gasteiger partial charge in [0.1, 0.15) is 6.61 Å². The summed E-state index contributed by atoms with van der Waals surface area (Å²) in [6.07, 6.45) is 2.58. The van der Waals surface area contributed by atoms with Gasteiger partial charge in [0.05, 0.1) is 6.20 Å². The molecule has 0 aliphatic rings. The van der Waals surface area contributed by atoms with Crippen LogP contribution in [-0.2, 0) is 13.2 Å². The molecule has 1 aromatic carbocycles. The van der Waals surface area contributed by atoms with Crippen LogP contribution >= 0.6 is 0 Å². The van der Waals surface area contributed by atoms with E-state index in [0.29, 0.717) is 12.3 Å². The Labute approximate surface area is 111 Å². The van der Waals surface area contributed by atoms with E-state index in [2.05, 4.69) is 17.4 Å². The number of nitrogens with zero attached hydrogens (tertiary/aromatic N) is 1. The summed E-state index contributed by atoms with van der Waals surface area (Å²) >= 11 is 0. The SMILES string of the molecule is CCCNCc1ccc(OCc2ccno2)c(F)c1. The van der Waals surface area contributed by atoms with E-state index in [4.69, 9.17) is 9.26 Å². The van der Waals surface area contributed by atoms with Crippen LogP contribution in [0.5, 0.6) is 5.75 Å². The molecule has 1 heterocycles. The van der Waals surface area contributed by atoms with Gasteiger partial charge in [0.25, 0.3) is 0 Å². The van der Waals surface area contributed by atoms with Crippen molar-refractivity contribution >= 4 is 0 Å². The molecule has 5 heteroatoms. The average Bonchev–Trinajstić information content (AvgIpc) is 2.91. The van der Waals surface area contributed by atoms with Crippen LogP contribution in [-0.4, -0.2) is 11.7 Å². The normalized spacial score (nSPS) is 10.6. The minimum atomic E-state index is -0.365. The largest absolute Gasteiger partial charge is 0.482 e. The highest BCUT2D eigenvalue weighted by molar-refractivity contribution is 5.29. The quantitative estimate of drug-likeness (QED) is 0.781. The molecule has 0 fully saturated rings. The van der Waals surface area contributed by atoms with Gasteiger partial charge in [-0.25, -0.2) is 4.39 Å². The second kappa shape index (κ2) is 6.89. The van der Waals surface area contributed by atoms with Gasteiger partial charge in [-0.15, -0.1) is 0 Å². The molecule has 1 N–H and O–H groups in total. The number of hydrogen-bond acceptors (Lipinski definition) is 4. The van der Waals surface area contributed by atoms with Crippen LogP contribution in [0.3, 0.4) is 0 Å². The van der Waals surface area contributed by atoms with Crippen LogP contribution in [0.25, 0.3) is 0 Å². The molecule has 0 saturated carbocycles. The molecular weight excluding hydrogens is 247 g/mol. The van der Waals surface area contributed by atoms with Crippen molar-refractivity contribution in [2.45, 2.75) is 26.5 Å². The number of rotatable bonds is 7. The van der Waals surface area contributed by atoms with Gasteiger partial charge in [0.2, 0.25) is 0 Å². The molecular formula is C14H17FN2O2. The zero-order valence-corrected chi connectivity index (χ0v) is 10.9. The van der Waals surface area contributed by atoms with E-state index < -0.39 is 0 Å². The molecule has 0 bridgehead atoms. The average molecular weight is 264 g/mol. The number of ether oxygens (including phenoxy) is 1. The number of benzene rings is 1. The summed E-state index contributed by atoms with van der Waals surface area (Å²) in [6, 6.07) is 6.65. The van der Waals surface area contributed by atoms with Crippen LogP contribution < -0.4 is 10.1 Å². The molecule has 2 aromatic rings. The Kier molecular flexibility index (Phi) is 4.92. The maximum atomic E-state index is 13.8. The topological polar surface area (TPSA) is 47.3 Å². The zero-order valence-electron chi connectivity index (χ0n) is 10.9. The molecule has 0 unspecified atom stereocenters. The molecule has 2 rings (SSSR count). The summed E-state index contributed by atoms with van der Waals surface area (Å²) in [7, 11) is 0. The monoisotopic (exact) mass is 264 g/mol. The Morgan fingerprint density at radius 1 is 1.37 bits per heavy atom. The molecule has 0 radical (unpaired) electrons. The van der Waals surface area contributed by atoms with E-state index in [1.165, 1.54) is 12.3 Å². The highest BCUT2D eigenvalue weighted by Crippen LogP contribution is 2.19. The van der Waals surface area contributed by atoms with Crippen LogP contribution in [0.2, 0.25) is 0 Å². The molecule has 0 aliphatic carbocycles. The summed E-state index contributed by atoms with van der Waals surface area (Å²) in [5, 5.41) is 6.78. The van der Waals surface area contributed by atoms with Gasteiger partial charge in [-0.3, -0.25) is 0 Å². The summed E-state index contributed by atoms with van der Waals surface area (Å²) in [6.45, 7) is 3.84. The molecule has 102 valence electrons. The number of nitrogens with one attached hydrogen (secondary N) is 1. The second-order valence-electron chi connectivity index (χ2n) is 4.21. The van der Waals surface area contributed by atoms with E-state index >= 15 is 0 Å². The molecule has 0 atom stereocenters. The fourth-order valence-corrected chi connectivity index (χ4v) is 1.65. The van der Waals surface area contributed by atoms with Crippen LogP contribution in [0.1, 0.15) is 24.7 Å². The maximum absolute atomic E-state index is 13.8. The highest BCUT2D eigenvalue weighted by atomic mass is 19.1. The lowest BCUT2D eigenvalue weighted by Gasteiger charge is -2.08. The summed E-state index contributed by atoms with van der Waals surface area (Å²) in [5.74, 6) is 0.416. The van der Waals surface area contributed by atoms with E-state index in [9.17, 15) is 4.39 Å². The molecule has 1 aromatic heterocycles. The molecule has 0 spiro atoms. The van der Waals surface area contributed by atoms with Crippen molar-refractivity contribution in [3.05, 3.63) is 47.6 Å². The van der Waals surface area contributed by atoms with Crippen LogP contribution in [0.15, 0.2) is 35.0 Å². The first-order chi connectivity index (χ1) is 9.29. The van der Waals surface area contributed by atoms with Crippen molar-refractivity contribution in [1.82, 2.24) is 10.5 Å². The van der Waals surface area contributed by atoms with Crippen molar-refractivity contribution in [3.63, 3.8) is 0 Å². The van der Waals surface area contributed by atoms with E-state index in [-0.39, 0.29) is 18.2 Å². The minimum absolute atomic E-state index is 0.171. The fraction of sp³-hybridized carbons (Fsp3) is 0.357. The van der Waals surface area contributed by atoms with Gasteiger partial charge in [0, 0.05) is 12.6 Å². The Bertz CT molecular complexity index is 500. The standard InChI is InChI=1S/C14H17FN2O2/c1-2-6-16-9-11-3-4-14(13(15)8-11)18-10-12-5-7-17-19-12/h3-5,7-8,16H,2,6,9-10H2,1H3. The lowest BCUT2D eigenvalue weighted by atomic mass is 10.2. The molecule has 4 nitrogen and oxygen atoms in total. The molecule has 19 heavy (non-hydrogen) atoms. The van der Waals surface area contributed by atoms with Crippen molar-refractivity contribution in [1.29, 1.82) is 0 Å². The first-order valence-corrected chi connectivity index (χ1v) is 6.31. The predicted octanol–water partition coefficient (Wildman–Crippen LogP) is 2.89. The van der Waals surface area contributed by atoms with Gasteiger partial charge in [0.15, 0.2) is 17.3 Å². The lowest BCUT2D eigenvalue weighted by molar-refractivity contribution is 0.240. The van der Waals surface area contributed by atoms with E-state index in [0.717, 1.165) is 18.5 Å². The maximum Gasteiger partial charge on any atom is 0.174 e. The van der Waals surface area contributed by atoms with Crippen LogP contribution in [0, 0.1) is 5.82 Å². The third kappa shape index (κ3) is 4.06. The Morgan fingerprint density at radius 2 is 2.26 bits per heavy atom. The van der Waals surface area contributed by atoms with Gasteiger partial charge in [-0.2, -0.15) is 0 Å². The van der Waals surface area contributed by atoms with Gasteiger partial charge in [-0.05, 0) is 30.7 Å². The minimum Gasteiger partial charge on any atom is -0.482 e. The number of hydrogen-bond donors (Lipinski definition) is 1. The fourth-order valence-electron chi connectivity index (χ4n) is 1.65. The first kappa shape index (κ1) is 13.5. The van der Waals surface area contributed by atoms with Crippen molar-refractivity contribution in [3.8, 4) is 5.75 Å². The van der Waals surface area contributed by atoms with E-state index in [1.807, 2.05) is 6.07 Å². The Hall–Kier alpha value is -1.88. The van der Waals surface area contributed by atoms with Gasteiger partial charge < -0.3 is 14.6 Å². The summed E-state index contributed by atoms with van der Waals surface area (Å²) in [5.41, 5.74) is 0.901. The smallest absolute Gasteiger partial charge is 0.174 e. The van der Waals surface area contributed by atoms with Crippen molar-refractivity contribution in [2.75, 3.05) is 6.54 Å². The summed E-state index contributed by atoms with van der Waals surface area (Å²) in [4.78, 5) is 0. The number of halogens is 1. The molecule has 0 saturated heterocycles. The zero-order chi connectivity index (χ0) is 13.5. The van der Waals surface area contributed by atoms with Crippen molar-refractivity contribution in [2.24, 2.45) is 0 Å². The number of aromatic nitrogens is 1. The summed E-state index contributed by atoms with van der Waals surface area (Å²) < 4.78 is 24.0. The lowest BCUT2D eigenvalue weighted by Crippen LogP contribution is -2.13. The second-order valence-corrected chi connectivity index (χ2v) is 4.21.